The number of carbonyl (C=O) groups is 2. The third-order valence-electron chi connectivity index (χ3n) is 11.2. The predicted molar refractivity (Wildman–Crippen MR) is 194 cm³/mol. The number of aryl methyl sites for hydroxylation is 1. The Morgan fingerprint density at radius 3 is 2.59 bits per heavy atom. The Morgan fingerprint density at radius 1 is 1.02 bits per heavy atom. The Bertz CT molecular complexity index is 1920. The van der Waals surface area contributed by atoms with Gasteiger partial charge in [-0.2, -0.15) is 0 Å². The Kier molecular flexibility index (Phi) is 9.01. The fourth-order valence-corrected chi connectivity index (χ4v) is 8.39. The number of ether oxygens (including phenoxy) is 2. The summed E-state index contributed by atoms with van der Waals surface area (Å²) in [6.45, 7) is 10.1. The molecule has 3 fully saturated rings. The van der Waals surface area contributed by atoms with Gasteiger partial charge in [0.15, 0.2) is 5.78 Å². The van der Waals surface area contributed by atoms with Gasteiger partial charge in [-0.3, -0.25) is 19.3 Å². The van der Waals surface area contributed by atoms with E-state index in [1.54, 1.807) is 24.0 Å². The van der Waals surface area contributed by atoms with Crippen molar-refractivity contribution in [2.75, 3.05) is 67.6 Å². The number of aromatic nitrogens is 3. The molecule has 13 nitrogen and oxygen atoms in total. The lowest BCUT2D eigenvalue weighted by molar-refractivity contribution is -0.142. The van der Waals surface area contributed by atoms with Crippen LogP contribution in [0.1, 0.15) is 45.1 Å². The van der Waals surface area contributed by atoms with Crippen molar-refractivity contribution in [3.63, 3.8) is 0 Å². The zero-order valence-corrected chi connectivity index (χ0v) is 29.6. The second-order valence-corrected chi connectivity index (χ2v) is 14.4. The number of esters is 1. The number of hydrogen-bond acceptors (Lipinski definition) is 12. The largest absolute Gasteiger partial charge is 0.461 e. The topological polar surface area (TPSA) is 125 Å². The first-order valence-electron chi connectivity index (χ1n) is 18.2. The summed E-state index contributed by atoms with van der Waals surface area (Å²) < 4.78 is 12.5. The van der Waals surface area contributed by atoms with Crippen LogP contribution in [0.2, 0.25) is 0 Å². The van der Waals surface area contributed by atoms with Gasteiger partial charge in [0, 0.05) is 94.1 Å². The molecule has 0 amide bonds. The van der Waals surface area contributed by atoms with Gasteiger partial charge in [-0.1, -0.05) is 0 Å². The maximum Gasteiger partial charge on any atom is 0.302 e. The SMILES string of the molecule is CC(=O)OCc1c(-c2cc(Nc3ccc(N4CCN(C5COC5)CC4C)cn3)c(=O)n(C)c2)ccnc1N1CCN2C3=C(CCCC3)C(=O)[C@@H]2C1. The first-order valence-corrected chi connectivity index (χ1v) is 18.2. The third kappa shape index (κ3) is 6.37. The number of nitrogens with one attached hydrogen (secondary N) is 1. The lowest BCUT2D eigenvalue weighted by Gasteiger charge is -2.46. The van der Waals surface area contributed by atoms with Gasteiger partial charge >= 0.3 is 5.97 Å². The van der Waals surface area contributed by atoms with Gasteiger partial charge in [-0.15, -0.1) is 0 Å². The van der Waals surface area contributed by atoms with Crippen molar-refractivity contribution in [2.45, 2.75) is 64.3 Å². The summed E-state index contributed by atoms with van der Waals surface area (Å²) in [6, 6.07) is 8.32. The van der Waals surface area contributed by atoms with Crippen LogP contribution in [0, 0.1) is 0 Å². The molecule has 0 aromatic carbocycles. The van der Waals surface area contributed by atoms with E-state index in [1.807, 2.05) is 24.4 Å². The highest BCUT2D eigenvalue weighted by Crippen LogP contribution is 2.39. The van der Waals surface area contributed by atoms with Crippen LogP contribution in [-0.4, -0.2) is 107 Å². The molecule has 5 aliphatic rings. The van der Waals surface area contributed by atoms with Crippen LogP contribution >= 0.6 is 0 Å². The van der Waals surface area contributed by atoms with Crippen LogP contribution in [0.3, 0.4) is 0 Å². The van der Waals surface area contributed by atoms with E-state index in [0.717, 1.165) is 93.0 Å². The average Bonchev–Trinajstić information content (AvgIpc) is 3.39. The summed E-state index contributed by atoms with van der Waals surface area (Å²) in [5.41, 5.74) is 5.76. The Morgan fingerprint density at radius 2 is 1.84 bits per heavy atom. The molecule has 4 aliphatic heterocycles. The summed E-state index contributed by atoms with van der Waals surface area (Å²) >= 11 is 0. The molecule has 0 radical (unpaired) electrons. The monoisotopic (exact) mass is 694 g/mol. The maximum absolute atomic E-state index is 13.5. The van der Waals surface area contributed by atoms with E-state index in [1.165, 1.54) is 12.6 Å². The molecule has 51 heavy (non-hydrogen) atoms. The fourth-order valence-electron chi connectivity index (χ4n) is 8.39. The molecule has 0 bridgehead atoms. The number of hydrogen-bond donors (Lipinski definition) is 1. The minimum Gasteiger partial charge on any atom is -0.461 e. The quantitative estimate of drug-likeness (QED) is 0.347. The lowest BCUT2D eigenvalue weighted by Crippen LogP contribution is -2.59. The minimum absolute atomic E-state index is 0.0111. The highest BCUT2D eigenvalue weighted by atomic mass is 16.5. The number of nitrogens with zero attached hydrogens (tertiary/aromatic N) is 7. The molecule has 0 saturated carbocycles. The van der Waals surface area contributed by atoms with Crippen molar-refractivity contribution in [2.24, 2.45) is 7.05 Å². The fraction of sp³-hybridized carbons (Fsp3) is 0.500. The van der Waals surface area contributed by atoms with Gasteiger partial charge in [-0.05, 0) is 62.4 Å². The van der Waals surface area contributed by atoms with Gasteiger partial charge in [0.2, 0.25) is 0 Å². The van der Waals surface area contributed by atoms with Crippen molar-refractivity contribution in [1.29, 1.82) is 0 Å². The third-order valence-corrected chi connectivity index (χ3v) is 11.2. The van der Waals surface area contributed by atoms with E-state index in [4.69, 9.17) is 19.4 Å². The zero-order valence-electron chi connectivity index (χ0n) is 29.6. The zero-order chi connectivity index (χ0) is 35.2. The van der Waals surface area contributed by atoms with Gasteiger partial charge in [0.1, 0.15) is 30.0 Å². The normalized spacial score (nSPS) is 22.5. The van der Waals surface area contributed by atoms with E-state index in [2.05, 4.69) is 37.9 Å². The predicted octanol–water partition coefficient (Wildman–Crippen LogP) is 3.46. The first kappa shape index (κ1) is 33.4. The van der Waals surface area contributed by atoms with Crippen molar-refractivity contribution >= 4 is 34.8 Å². The molecule has 268 valence electrons. The molecule has 2 atom stereocenters. The number of allylic oxidation sites excluding steroid dienone is 1. The van der Waals surface area contributed by atoms with Crippen molar-refractivity contribution in [1.82, 2.24) is 24.3 Å². The van der Waals surface area contributed by atoms with E-state index < -0.39 is 5.97 Å². The Hall–Kier alpha value is -4.75. The van der Waals surface area contributed by atoms with Gasteiger partial charge < -0.3 is 34.1 Å². The second-order valence-electron chi connectivity index (χ2n) is 14.4. The van der Waals surface area contributed by atoms with Gasteiger partial charge in [0.05, 0.1) is 31.1 Å². The molecule has 3 aromatic heterocycles. The van der Waals surface area contributed by atoms with Crippen molar-refractivity contribution < 1.29 is 19.1 Å². The number of ketones is 1. The Balaban J connectivity index is 1.04. The summed E-state index contributed by atoms with van der Waals surface area (Å²) in [4.78, 5) is 57.8. The van der Waals surface area contributed by atoms with Crippen molar-refractivity contribution in [3.8, 4) is 11.1 Å². The van der Waals surface area contributed by atoms with Crippen LogP contribution in [0.25, 0.3) is 11.1 Å². The first-order chi connectivity index (χ1) is 24.7. The smallest absolute Gasteiger partial charge is 0.302 e. The summed E-state index contributed by atoms with van der Waals surface area (Å²) in [6.07, 6.45) is 9.42. The summed E-state index contributed by atoms with van der Waals surface area (Å²) in [7, 11) is 1.72. The number of carbonyl (C=O) groups excluding carboxylic acids is 2. The number of piperazine rings is 2. The van der Waals surface area contributed by atoms with Crippen LogP contribution in [0.15, 0.2) is 58.9 Å². The number of anilines is 4. The van der Waals surface area contributed by atoms with Crippen LogP contribution in [-0.2, 0) is 32.7 Å². The summed E-state index contributed by atoms with van der Waals surface area (Å²) in [5.74, 6) is 1.09. The number of fused-ring (bicyclic) bond motifs is 2. The van der Waals surface area contributed by atoms with E-state index in [9.17, 15) is 14.4 Å². The number of pyridine rings is 3. The molecule has 13 heteroatoms. The lowest BCUT2D eigenvalue weighted by atomic mass is 9.95. The molecular weight excluding hydrogens is 648 g/mol. The maximum atomic E-state index is 13.5. The minimum atomic E-state index is -0.398. The molecule has 0 spiro atoms. The van der Waals surface area contributed by atoms with Gasteiger partial charge in [-0.25, -0.2) is 9.97 Å². The Labute approximate surface area is 297 Å². The molecule has 3 saturated heterocycles. The molecule has 7 heterocycles. The number of Topliss-reactive ketones (excluding diaryl/α,β-unsaturated/α-hetero) is 1. The van der Waals surface area contributed by atoms with Crippen LogP contribution in [0.4, 0.5) is 23.0 Å². The van der Waals surface area contributed by atoms with Crippen molar-refractivity contribution in [3.05, 3.63) is 70.0 Å². The highest BCUT2D eigenvalue weighted by Gasteiger charge is 2.43. The van der Waals surface area contributed by atoms with Crippen LogP contribution in [0.5, 0.6) is 0 Å². The molecule has 1 N–H and O–H groups in total. The van der Waals surface area contributed by atoms with Gasteiger partial charge in [0.25, 0.3) is 5.56 Å². The van der Waals surface area contributed by atoms with E-state index >= 15 is 0 Å². The molecule has 1 unspecified atom stereocenters. The van der Waals surface area contributed by atoms with E-state index in [0.29, 0.717) is 42.5 Å². The molecule has 8 rings (SSSR count). The van der Waals surface area contributed by atoms with Crippen LogP contribution < -0.4 is 20.7 Å². The highest BCUT2D eigenvalue weighted by molar-refractivity contribution is 6.03. The van der Waals surface area contributed by atoms with E-state index in [-0.39, 0.29) is 24.0 Å². The molecular formula is C38H46N8O5. The standard InChI is InChI=1S/C38H46N8O5/c1-24-18-43(28-21-50-22-28)12-14-45(24)27-8-9-35(40-17-27)41-32-16-26(19-42(3)38(32)49)29-10-11-39-37(31(29)23-51-25(2)47)44-13-15-46-33-7-5-4-6-30(33)36(48)34(46)20-44/h8-11,16-17,19,24,28,34H,4-7,12-15,18,20-23H2,1-3H3,(H,40,41)/t24?,34-/m0/s1. The molecule has 1 aliphatic carbocycles. The number of rotatable bonds is 8. The second kappa shape index (κ2) is 13.8. The summed E-state index contributed by atoms with van der Waals surface area (Å²) in [5, 5.41) is 3.26. The average molecular weight is 695 g/mol. The molecule has 3 aromatic rings.